The fraction of sp³-hybridized carbons (Fsp3) is 0.400. The van der Waals surface area contributed by atoms with Crippen LogP contribution in [0.5, 0.6) is 0 Å². The van der Waals surface area contributed by atoms with Gasteiger partial charge in [0.1, 0.15) is 11.4 Å². The molecule has 0 saturated carbocycles. The molecule has 8 nitrogen and oxygen atoms in total. The molecular weight excluding hydrogens is 767 g/mol. The van der Waals surface area contributed by atoms with Crippen molar-refractivity contribution in [2.24, 2.45) is 10.8 Å². The maximum Gasteiger partial charge on any atom is 0.433 e. The van der Waals surface area contributed by atoms with Gasteiger partial charge in [0.15, 0.2) is 23.2 Å². The molecule has 300 valence electrons. The van der Waals surface area contributed by atoms with E-state index in [1.54, 1.807) is 44.2 Å². The van der Waals surface area contributed by atoms with Gasteiger partial charge in [-0.15, -0.1) is 0 Å². The minimum Gasteiger partial charge on any atom is -0.342 e. The van der Waals surface area contributed by atoms with Crippen molar-refractivity contribution in [2.45, 2.75) is 89.8 Å². The van der Waals surface area contributed by atoms with Crippen LogP contribution in [0, 0.1) is 10.8 Å². The zero-order valence-electron chi connectivity index (χ0n) is 30.9. The summed E-state index contributed by atoms with van der Waals surface area (Å²) >= 11 is 0. The second-order valence-electron chi connectivity index (χ2n) is 16.6. The highest BCUT2D eigenvalue weighted by Gasteiger charge is 2.55. The molecule has 0 fully saturated rings. The minimum atomic E-state index is -5.21. The molecule has 4 heterocycles. The lowest BCUT2D eigenvalue weighted by atomic mass is 9.61. The molecule has 3 N–H and O–H groups in total. The van der Waals surface area contributed by atoms with Gasteiger partial charge < -0.3 is 10.6 Å². The molecule has 2 aliphatic carbocycles. The summed E-state index contributed by atoms with van der Waals surface area (Å²) in [4.78, 5) is 28.2. The molecule has 4 aliphatic rings. The van der Waals surface area contributed by atoms with Gasteiger partial charge in [-0.3, -0.25) is 19.4 Å². The second-order valence-corrected chi connectivity index (χ2v) is 16.6. The Morgan fingerprint density at radius 1 is 0.737 bits per heavy atom. The van der Waals surface area contributed by atoms with E-state index in [9.17, 15) is 35.9 Å². The number of fused-ring (bicyclic) bond motifs is 2. The largest absolute Gasteiger partial charge is 0.433 e. The van der Waals surface area contributed by atoms with Gasteiger partial charge in [-0.05, 0) is 47.8 Å². The Morgan fingerprint density at radius 2 is 1.39 bits per heavy atom. The van der Waals surface area contributed by atoms with E-state index in [0.717, 1.165) is 18.2 Å². The van der Waals surface area contributed by atoms with Crippen LogP contribution in [0.2, 0.25) is 0 Å². The average Bonchev–Trinajstić information content (AvgIpc) is 3.68. The molecule has 0 saturated heterocycles. The van der Waals surface area contributed by atoms with Crippen molar-refractivity contribution in [1.82, 2.24) is 20.0 Å². The topological polar surface area (TPSA) is 105 Å². The molecule has 0 radical (unpaired) electrons. The van der Waals surface area contributed by atoms with Gasteiger partial charge in [0, 0.05) is 59.0 Å². The van der Waals surface area contributed by atoms with Crippen molar-refractivity contribution in [2.75, 3.05) is 10.6 Å². The third-order valence-corrected chi connectivity index (χ3v) is 11.6. The number of carbonyl (C=O) groups excluding carboxylic acids is 2. The molecular formula is C40H35F9N6O2. The first-order valence-corrected chi connectivity index (χ1v) is 18.1. The van der Waals surface area contributed by atoms with Gasteiger partial charge in [-0.25, -0.2) is 0 Å². The van der Waals surface area contributed by atoms with E-state index < -0.39 is 93.3 Å². The maximum absolute atomic E-state index is 15.5. The molecule has 4 aromatic rings. The van der Waals surface area contributed by atoms with Gasteiger partial charge in [0.2, 0.25) is 0 Å². The lowest BCUT2D eigenvalue weighted by Gasteiger charge is -2.45. The number of nitrogens with one attached hydrogen (secondary N) is 3. The fourth-order valence-corrected chi connectivity index (χ4v) is 9.48. The number of alkyl halides is 9. The monoisotopic (exact) mass is 802 g/mol. The van der Waals surface area contributed by atoms with Crippen LogP contribution < -0.4 is 10.6 Å². The maximum atomic E-state index is 15.5. The van der Waals surface area contributed by atoms with E-state index >= 15 is 13.2 Å². The molecule has 3 atom stereocenters. The second kappa shape index (κ2) is 12.3. The van der Waals surface area contributed by atoms with Crippen LogP contribution in [-0.2, 0) is 40.1 Å². The van der Waals surface area contributed by atoms with E-state index in [2.05, 4.69) is 25.9 Å². The summed E-state index contributed by atoms with van der Waals surface area (Å²) in [6.07, 6.45) is -15.6. The van der Waals surface area contributed by atoms with Gasteiger partial charge in [-0.2, -0.15) is 49.7 Å². The lowest BCUT2D eigenvalue weighted by molar-refractivity contribution is -0.146. The molecule has 2 aliphatic heterocycles. The highest BCUT2D eigenvalue weighted by atomic mass is 19.4. The first-order chi connectivity index (χ1) is 26.4. The van der Waals surface area contributed by atoms with E-state index in [1.165, 1.54) is 19.9 Å². The highest BCUT2D eigenvalue weighted by Crippen LogP contribution is 2.57. The standard InChI is InChI=1S/C40H35F9N6O2/c1-35(2)14-22-27(24(56)16-35)26(20-12-8-9-13-21(20)38(41,42)43)28-32(40(47,48)49)55(54-33(28)50-22)18-36(3)15-23-29(25(57)17-36)37(4,19-10-6-5-7-11-19)30-31(39(44,45)46)52-53-34(30)51-23/h5-13,26H,14-18H2,1-4H3,(H,50,54)(H2,51,52,53)/t26-,36?,37+/m1/s1. The Hall–Kier alpha value is -5.35. The smallest absolute Gasteiger partial charge is 0.342 e. The quantitative estimate of drug-likeness (QED) is 0.178. The van der Waals surface area contributed by atoms with Crippen molar-refractivity contribution in [3.8, 4) is 0 Å². The normalized spacial score (nSPS) is 24.7. The number of allylic oxidation sites excluding steroid dienone is 4. The summed E-state index contributed by atoms with van der Waals surface area (Å²) in [5.74, 6) is -3.57. The Morgan fingerprint density at radius 3 is 2.04 bits per heavy atom. The van der Waals surface area contributed by atoms with Crippen molar-refractivity contribution in [3.63, 3.8) is 0 Å². The summed E-state index contributed by atoms with van der Waals surface area (Å²) < 4.78 is 134. The van der Waals surface area contributed by atoms with Gasteiger partial charge in [-0.1, -0.05) is 69.3 Å². The van der Waals surface area contributed by atoms with Gasteiger partial charge >= 0.3 is 18.5 Å². The van der Waals surface area contributed by atoms with Crippen LogP contribution >= 0.6 is 0 Å². The molecule has 0 bridgehead atoms. The Labute approximate surface area is 319 Å². The zero-order chi connectivity index (χ0) is 41.2. The van der Waals surface area contributed by atoms with Crippen molar-refractivity contribution < 1.29 is 49.1 Å². The van der Waals surface area contributed by atoms with E-state index in [1.807, 2.05) is 0 Å². The van der Waals surface area contributed by atoms with Gasteiger partial charge in [0.05, 0.1) is 11.0 Å². The number of nitrogens with zero attached hydrogens (tertiary/aromatic N) is 3. The third kappa shape index (κ3) is 6.15. The average molecular weight is 803 g/mol. The predicted octanol–water partition coefficient (Wildman–Crippen LogP) is 9.92. The molecule has 2 aromatic heterocycles. The number of carbonyl (C=O) groups is 2. The summed E-state index contributed by atoms with van der Waals surface area (Å²) in [6.45, 7) is 5.98. The molecule has 0 spiro atoms. The Kier molecular flexibility index (Phi) is 8.33. The number of H-pyrrole nitrogens is 1. The molecule has 57 heavy (non-hydrogen) atoms. The summed E-state index contributed by atoms with van der Waals surface area (Å²) in [6, 6.07) is 12.3. The van der Waals surface area contributed by atoms with Crippen LogP contribution in [0.4, 0.5) is 51.1 Å². The number of Topliss-reactive ketones (excluding diaryl/α,β-unsaturated/α-hetero) is 2. The highest BCUT2D eigenvalue weighted by molar-refractivity contribution is 6.03. The number of hydrogen-bond acceptors (Lipinski definition) is 6. The number of ketones is 2. The number of aromatic amines is 1. The molecule has 17 heteroatoms. The summed E-state index contributed by atoms with van der Waals surface area (Å²) in [7, 11) is 0. The molecule has 0 amide bonds. The predicted molar refractivity (Wildman–Crippen MR) is 189 cm³/mol. The van der Waals surface area contributed by atoms with Crippen LogP contribution in [-0.4, -0.2) is 31.5 Å². The number of anilines is 2. The van der Waals surface area contributed by atoms with Crippen molar-refractivity contribution >= 4 is 23.2 Å². The van der Waals surface area contributed by atoms with E-state index in [4.69, 9.17) is 0 Å². The summed E-state index contributed by atoms with van der Waals surface area (Å²) in [5.41, 5.74) is -8.43. The Bertz CT molecular complexity index is 2420. The van der Waals surface area contributed by atoms with E-state index in [0.29, 0.717) is 10.2 Å². The van der Waals surface area contributed by atoms with Crippen LogP contribution in [0.1, 0.15) is 98.5 Å². The van der Waals surface area contributed by atoms with Crippen molar-refractivity contribution in [1.29, 1.82) is 0 Å². The van der Waals surface area contributed by atoms with Crippen LogP contribution in [0.15, 0.2) is 77.1 Å². The number of aromatic nitrogens is 4. The van der Waals surface area contributed by atoms with Crippen molar-refractivity contribution in [3.05, 3.63) is 116 Å². The zero-order valence-corrected chi connectivity index (χ0v) is 30.9. The van der Waals surface area contributed by atoms with Crippen LogP contribution in [0.3, 0.4) is 0 Å². The van der Waals surface area contributed by atoms with Gasteiger partial charge in [0.25, 0.3) is 0 Å². The number of benzene rings is 2. The van der Waals surface area contributed by atoms with Crippen LogP contribution in [0.25, 0.3) is 0 Å². The number of hydrogen-bond donors (Lipinski definition) is 3. The summed E-state index contributed by atoms with van der Waals surface area (Å²) in [5, 5.41) is 16.1. The lowest BCUT2D eigenvalue weighted by Crippen LogP contribution is -2.44. The first kappa shape index (κ1) is 38.5. The SMILES string of the molecule is CC1(C)CC(=O)C2=C(C1)Nc1nn(CC3(C)CC(=O)C4=C(C3)Nc3n[nH]c(C(F)(F)F)c3[C@@]4(C)c3ccccc3)c(C(F)(F)F)c1[C@@H]2c1ccccc1C(F)(F)F. The Balaban J connectivity index is 1.27. The van der Waals surface area contributed by atoms with E-state index in [-0.39, 0.29) is 59.0 Å². The fourth-order valence-electron chi connectivity index (χ4n) is 9.48. The molecule has 2 aromatic carbocycles. The number of rotatable bonds is 4. The molecule has 1 unspecified atom stereocenters. The molecule has 8 rings (SSSR count). The minimum absolute atomic E-state index is 0.00451. The third-order valence-electron chi connectivity index (χ3n) is 11.6. The first-order valence-electron chi connectivity index (χ1n) is 18.1. The number of halogens is 9.